The molecule has 9 heteroatoms. The van der Waals surface area contributed by atoms with Gasteiger partial charge in [0.15, 0.2) is 0 Å². The summed E-state index contributed by atoms with van der Waals surface area (Å²) in [4.78, 5) is 2.25. The van der Waals surface area contributed by atoms with Crippen molar-refractivity contribution in [3.05, 3.63) is 35.6 Å². The van der Waals surface area contributed by atoms with E-state index in [1.54, 1.807) is 12.1 Å². The fourth-order valence-electron chi connectivity index (χ4n) is 4.24. The van der Waals surface area contributed by atoms with Crippen molar-refractivity contribution < 1.29 is 23.2 Å². The molecular weight excluding hydrogens is 384 g/mol. The average molecular weight is 413 g/mol. The van der Waals surface area contributed by atoms with Crippen molar-refractivity contribution in [2.24, 2.45) is 0 Å². The van der Waals surface area contributed by atoms with Gasteiger partial charge in [0, 0.05) is 39.3 Å². The molecule has 0 radical (unpaired) electrons. The summed E-state index contributed by atoms with van der Waals surface area (Å²) >= 11 is 0. The summed E-state index contributed by atoms with van der Waals surface area (Å²) in [7, 11) is -3.03. The molecule has 3 saturated heterocycles. The third kappa shape index (κ3) is 4.19. The Morgan fingerprint density at radius 1 is 0.750 bits per heavy atom. The smallest absolute Gasteiger partial charge is 0.237 e. The molecule has 3 aliphatic rings. The first-order valence-corrected chi connectivity index (χ1v) is 11.7. The highest BCUT2D eigenvalue weighted by Gasteiger charge is 2.48. The Morgan fingerprint density at radius 3 is 1.64 bits per heavy atom. The molecule has 1 atom stereocenters. The minimum Gasteiger partial charge on any atom is -0.379 e. The number of nitrogens with zero attached hydrogens (tertiary/aromatic N) is 3. The van der Waals surface area contributed by atoms with Crippen LogP contribution in [-0.2, 0) is 18.8 Å². The topological polar surface area (TPSA) is 54.5 Å². The van der Waals surface area contributed by atoms with Crippen molar-refractivity contribution in [1.29, 1.82) is 0 Å². The van der Waals surface area contributed by atoms with Crippen LogP contribution in [0.4, 0.5) is 4.39 Å². The molecule has 1 aromatic carbocycles. The highest BCUT2D eigenvalue weighted by atomic mass is 31.2. The van der Waals surface area contributed by atoms with Crippen molar-refractivity contribution in [3.8, 4) is 0 Å². The number of morpholine rings is 3. The van der Waals surface area contributed by atoms with Crippen LogP contribution in [0.3, 0.4) is 0 Å². The SMILES string of the molecule is O=P([C@@H](c1ccc(F)cc1)N1CCOCC1)(N1CCOCC1)N1CCOCC1. The van der Waals surface area contributed by atoms with E-state index in [1.165, 1.54) is 12.1 Å². The molecule has 28 heavy (non-hydrogen) atoms. The molecule has 0 aromatic heterocycles. The van der Waals surface area contributed by atoms with Crippen molar-refractivity contribution in [1.82, 2.24) is 14.2 Å². The molecule has 0 aliphatic carbocycles. The van der Waals surface area contributed by atoms with E-state index in [0.717, 1.165) is 5.56 Å². The Kier molecular flexibility index (Phi) is 6.78. The molecular formula is C19H29FN3O4P. The first-order chi connectivity index (χ1) is 13.7. The van der Waals surface area contributed by atoms with Crippen LogP contribution in [0.5, 0.6) is 0 Å². The summed E-state index contributed by atoms with van der Waals surface area (Å²) in [5.74, 6) is -0.606. The normalized spacial score (nSPS) is 24.9. The summed E-state index contributed by atoms with van der Waals surface area (Å²) in [6.45, 7) is 7.50. The average Bonchev–Trinajstić information content (AvgIpc) is 2.77. The highest BCUT2D eigenvalue weighted by molar-refractivity contribution is 7.59. The Bertz CT molecular complexity index is 652. The molecule has 0 bridgehead atoms. The zero-order chi connectivity index (χ0) is 19.4. The molecule has 0 spiro atoms. The number of benzene rings is 1. The zero-order valence-electron chi connectivity index (χ0n) is 16.2. The lowest BCUT2D eigenvalue weighted by Crippen LogP contribution is -2.49. The minimum absolute atomic E-state index is 0.281. The largest absolute Gasteiger partial charge is 0.379 e. The standard InChI is InChI=1S/C19H29FN3O4P/c20-18-3-1-17(2-4-18)19(21-5-11-25-12-6-21)28(24,22-7-13-26-14-8-22)23-9-15-27-16-10-23/h1-4,19H,5-16H2/t19-/m0/s1. The van der Waals surface area contributed by atoms with Gasteiger partial charge in [-0.15, -0.1) is 0 Å². The lowest BCUT2D eigenvalue weighted by molar-refractivity contribution is 0.0199. The first kappa shape index (κ1) is 20.4. The van der Waals surface area contributed by atoms with Gasteiger partial charge in [-0.1, -0.05) is 12.1 Å². The highest BCUT2D eigenvalue weighted by Crippen LogP contribution is 2.65. The first-order valence-electron chi connectivity index (χ1n) is 10.0. The number of hydrogen-bond acceptors (Lipinski definition) is 5. The van der Waals surface area contributed by atoms with Gasteiger partial charge in [-0.3, -0.25) is 9.46 Å². The summed E-state index contributed by atoms with van der Waals surface area (Å²) in [5.41, 5.74) is 0.893. The summed E-state index contributed by atoms with van der Waals surface area (Å²) in [6.07, 6.45) is 0. The maximum Gasteiger partial charge on any atom is 0.237 e. The zero-order valence-corrected chi connectivity index (χ0v) is 17.1. The Labute approximate surface area is 165 Å². The van der Waals surface area contributed by atoms with E-state index in [2.05, 4.69) is 14.2 Å². The van der Waals surface area contributed by atoms with Crippen LogP contribution < -0.4 is 0 Å². The van der Waals surface area contributed by atoms with E-state index in [1.807, 2.05) is 0 Å². The second kappa shape index (κ2) is 9.30. The molecule has 0 N–H and O–H groups in total. The van der Waals surface area contributed by atoms with E-state index in [-0.39, 0.29) is 11.6 Å². The molecule has 0 saturated carbocycles. The third-order valence-corrected chi connectivity index (χ3v) is 9.35. The Hall–Kier alpha value is -0.860. The fraction of sp³-hybridized carbons (Fsp3) is 0.684. The molecule has 0 unspecified atom stereocenters. The number of halogens is 1. The summed E-state index contributed by atoms with van der Waals surface area (Å²) < 4.78 is 49.5. The van der Waals surface area contributed by atoms with Gasteiger partial charge < -0.3 is 14.2 Å². The van der Waals surface area contributed by atoms with Gasteiger partial charge in [0.1, 0.15) is 11.6 Å². The predicted octanol–water partition coefficient (Wildman–Crippen LogP) is 2.01. The van der Waals surface area contributed by atoms with Gasteiger partial charge in [-0.05, 0) is 17.7 Å². The van der Waals surface area contributed by atoms with Gasteiger partial charge in [-0.2, -0.15) is 0 Å². The van der Waals surface area contributed by atoms with Crippen LogP contribution >= 0.6 is 7.44 Å². The summed E-state index contributed by atoms with van der Waals surface area (Å²) in [5, 5.41) is 0. The summed E-state index contributed by atoms with van der Waals surface area (Å²) in [6, 6.07) is 6.49. The predicted molar refractivity (Wildman–Crippen MR) is 104 cm³/mol. The quantitative estimate of drug-likeness (QED) is 0.685. The fourth-order valence-corrected chi connectivity index (χ4v) is 7.91. The maximum absolute atomic E-state index is 15.0. The van der Waals surface area contributed by atoms with Crippen LogP contribution in [0.25, 0.3) is 0 Å². The Morgan fingerprint density at radius 2 is 1.18 bits per heavy atom. The van der Waals surface area contributed by atoms with E-state index in [0.29, 0.717) is 78.9 Å². The monoisotopic (exact) mass is 413 g/mol. The molecule has 7 nitrogen and oxygen atoms in total. The number of rotatable bonds is 5. The van der Waals surface area contributed by atoms with Gasteiger partial charge in [-0.25, -0.2) is 13.7 Å². The van der Waals surface area contributed by atoms with Crippen molar-refractivity contribution in [2.75, 3.05) is 78.9 Å². The lowest BCUT2D eigenvalue weighted by Gasteiger charge is -2.49. The molecule has 3 fully saturated rings. The van der Waals surface area contributed by atoms with Crippen LogP contribution in [0, 0.1) is 5.82 Å². The van der Waals surface area contributed by atoms with Crippen LogP contribution in [-0.4, -0.2) is 93.2 Å². The van der Waals surface area contributed by atoms with Gasteiger partial charge in [0.25, 0.3) is 0 Å². The van der Waals surface area contributed by atoms with Crippen molar-refractivity contribution >= 4 is 7.44 Å². The molecule has 3 aliphatic heterocycles. The van der Waals surface area contributed by atoms with Gasteiger partial charge >= 0.3 is 0 Å². The second-order valence-corrected chi connectivity index (χ2v) is 10.1. The molecule has 0 amide bonds. The van der Waals surface area contributed by atoms with Crippen LogP contribution in [0.15, 0.2) is 24.3 Å². The van der Waals surface area contributed by atoms with E-state index >= 15 is 0 Å². The Balaban J connectivity index is 1.76. The molecule has 3 heterocycles. The van der Waals surface area contributed by atoms with Crippen LogP contribution in [0.2, 0.25) is 0 Å². The van der Waals surface area contributed by atoms with E-state index in [4.69, 9.17) is 14.2 Å². The lowest BCUT2D eigenvalue weighted by atomic mass is 10.2. The second-order valence-electron chi connectivity index (χ2n) is 7.29. The number of hydrogen-bond donors (Lipinski definition) is 0. The van der Waals surface area contributed by atoms with Gasteiger partial charge in [0.05, 0.1) is 39.6 Å². The number of ether oxygens (including phenoxy) is 3. The minimum atomic E-state index is -3.03. The maximum atomic E-state index is 15.0. The third-order valence-electron chi connectivity index (χ3n) is 5.66. The van der Waals surface area contributed by atoms with E-state index < -0.39 is 7.44 Å². The molecule has 1 aromatic rings. The van der Waals surface area contributed by atoms with Crippen molar-refractivity contribution in [2.45, 2.75) is 5.78 Å². The van der Waals surface area contributed by atoms with E-state index in [9.17, 15) is 8.96 Å². The van der Waals surface area contributed by atoms with Crippen LogP contribution in [0.1, 0.15) is 11.3 Å². The van der Waals surface area contributed by atoms with Crippen molar-refractivity contribution in [3.63, 3.8) is 0 Å². The molecule has 156 valence electrons. The van der Waals surface area contributed by atoms with Gasteiger partial charge in [0.2, 0.25) is 7.44 Å². The molecule has 4 rings (SSSR count).